The third-order valence-corrected chi connectivity index (χ3v) is 3.84. The van der Waals surface area contributed by atoms with Crippen LogP contribution < -0.4 is 5.32 Å². The number of amides is 1. The van der Waals surface area contributed by atoms with Gasteiger partial charge >= 0.3 is 6.18 Å². The van der Waals surface area contributed by atoms with E-state index in [1.807, 2.05) is 0 Å². The van der Waals surface area contributed by atoms with Gasteiger partial charge < -0.3 is 5.32 Å². The molecule has 120 valence electrons. The standard InChI is InChI=1S/C17H20F3NO/c18-17(19,20)14-7-5-6-13(12-14)10-11-16(22)21-15-8-3-1-2-4-9-15/h5-7,10-12,15H,1-4,8-9H2,(H,21,22). The average molecular weight is 311 g/mol. The zero-order chi connectivity index (χ0) is 16.0. The Hall–Kier alpha value is -1.78. The fourth-order valence-corrected chi connectivity index (χ4v) is 2.66. The first-order valence-corrected chi connectivity index (χ1v) is 7.61. The maximum atomic E-state index is 12.6. The van der Waals surface area contributed by atoms with E-state index in [2.05, 4.69) is 5.32 Å². The minimum Gasteiger partial charge on any atom is -0.350 e. The van der Waals surface area contributed by atoms with Gasteiger partial charge in [-0.3, -0.25) is 4.79 Å². The molecule has 0 spiro atoms. The van der Waals surface area contributed by atoms with Crippen LogP contribution >= 0.6 is 0 Å². The summed E-state index contributed by atoms with van der Waals surface area (Å²) < 4.78 is 37.8. The molecule has 0 radical (unpaired) electrons. The SMILES string of the molecule is O=C(C=Cc1cccc(C(F)(F)F)c1)NC1CCCCCC1. The Morgan fingerprint density at radius 3 is 2.45 bits per heavy atom. The van der Waals surface area contributed by atoms with Crippen LogP contribution in [0, 0.1) is 0 Å². The van der Waals surface area contributed by atoms with Crippen LogP contribution in [-0.4, -0.2) is 11.9 Å². The van der Waals surface area contributed by atoms with Crippen molar-refractivity contribution in [3.05, 3.63) is 41.5 Å². The normalized spacial score (nSPS) is 17.4. The molecule has 1 fully saturated rings. The van der Waals surface area contributed by atoms with Crippen molar-refractivity contribution in [3.63, 3.8) is 0 Å². The predicted molar refractivity (Wildman–Crippen MR) is 80.1 cm³/mol. The Morgan fingerprint density at radius 2 is 1.82 bits per heavy atom. The summed E-state index contributed by atoms with van der Waals surface area (Å²) in [5, 5.41) is 2.93. The summed E-state index contributed by atoms with van der Waals surface area (Å²) in [6.45, 7) is 0. The minimum absolute atomic E-state index is 0.182. The molecule has 1 aromatic rings. The largest absolute Gasteiger partial charge is 0.416 e. The number of rotatable bonds is 3. The fourth-order valence-electron chi connectivity index (χ4n) is 2.66. The zero-order valence-electron chi connectivity index (χ0n) is 12.3. The predicted octanol–water partition coefficient (Wildman–Crippen LogP) is 4.56. The summed E-state index contributed by atoms with van der Waals surface area (Å²) in [6.07, 6.45) is 4.93. The van der Waals surface area contributed by atoms with Crippen molar-refractivity contribution in [2.24, 2.45) is 0 Å². The maximum absolute atomic E-state index is 12.6. The highest BCUT2D eigenvalue weighted by Gasteiger charge is 2.30. The van der Waals surface area contributed by atoms with Gasteiger partial charge in [0.05, 0.1) is 5.56 Å². The van der Waals surface area contributed by atoms with Gasteiger partial charge in [-0.25, -0.2) is 0 Å². The molecule has 0 bridgehead atoms. The number of alkyl halides is 3. The smallest absolute Gasteiger partial charge is 0.350 e. The molecule has 22 heavy (non-hydrogen) atoms. The van der Waals surface area contributed by atoms with E-state index in [1.54, 1.807) is 6.07 Å². The fraction of sp³-hybridized carbons (Fsp3) is 0.471. The van der Waals surface area contributed by atoms with Gasteiger partial charge in [-0.1, -0.05) is 37.8 Å². The molecular formula is C17H20F3NO. The maximum Gasteiger partial charge on any atom is 0.416 e. The quantitative estimate of drug-likeness (QED) is 0.643. The van der Waals surface area contributed by atoms with E-state index in [4.69, 9.17) is 0 Å². The molecule has 1 aromatic carbocycles. The Bertz CT molecular complexity index is 529. The molecule has 1 N–H and O–H groups in total. The van der Waals surface area contributed by atoms with Gasteiger partial charge in [0.25, 0.3) is 0 Å². The number of halogens is 3. The number of carbonyl (C=O) groups excluding carboxylic acids is 1. The Balaban J connectivity index is 1.94. The van der Waals surface area contributed by atoms with Gasteiger partial charge in [0.2, 0.25) is 5.91 Å². The molecule has 1 amide bonds. The van der Waals surface area contributed by atoms with Crippen molar-refractivity contribution in [2.45, 2.75) is 50.7 Å². The highest BCUT2D eigenvalue weighted by molar-refractivity contribution is 5.91. The Kier molecular flexibility index (Phi) is 5.63. The lowest BCUT2D eigenvalue weighted by Crippen LogP contribution is -2.33. The van der Waals surface area contributed by atoms with Crippen LogP contribution in [0.5, 0.6) is 0 Å². The van der Waals surface area contributed by atoms with Crippen LogP contribution in [0.2, 0.25) is 0 Å². The molecule has 2 rings (SSSR count). The van der Waals surface area contributed by atoms with Crippen LogP contribution in [0.3, 0.4) is 0 Å². The van der Waals surface area contributed by atoms with E-state index in [1.165, 1.54) is 31.1 Å². The van der Waals surface area contributed by atoms with E-state index < -0.39 is 11.7 Å². The molecule has 1 aliphatic rings. The second-order valence-corrected chi connectivity index (χ2v) is 5.65. The lowest BCUT2D eigenvalue weighted by atomic mass is 10.1. The van der Waals surface area contributed by atoms with Gasteiger partial charge in [0.1, 0.15) is 0 Å². The van der Waals surface area contributed by atoms with Crippen molar-refractivity contribution < 1.29 is 18.0 Å². The first-order valence-electron chi connectivity index (χ1n) is 7.61. The lowest BCUT2D eigenvalue weighted by molar-refractivity contribution is -0.137. The van der Waals surface area contributed by atoms with Gasteiger partial charge in [-0.2, -0.15) is 13.2 Å². The van der Waals surface area contributed by atoms with Crippen molar-refractivity contribution >= 4 is 12.0 Å². The summed E-state index contributed by atoms with van der Waals surface area (Å²) in [4.78, 5) is 11.9. The van der Waals surface area contributed by atoms with E-state index in [-0.39, 0.29) is 11.9 Å². The number of hydrogen-bond donors (Lipinski definition) is 1. The molecule has 0 aliphatic heterocycles. The molecule has 0 unspecified atom stereocenters. The topological polar surface area (TPSA) is 29.1 Å². The molecule has 0 aromatic heterocycles. The van der Waals surface area contributed by atoms with Crippen molar-refractivity contribution in [3.8, 4) is 0 Å². The van der Waals surface area contributed by atoms with Crippen LogP contribution in [0.1, 0.15) is 49.7 Å². The lowest BCUT2D eigenvalue weighted by Gasteiger charge is -2.14. The number of hydrogen-bond acceptors (Lipinski definition) is 1. The number of benzene rings is 1. The molecule has 5 heteroatoms. The first kappa shape index (κ1) is 16.6. The molecule has 0 saturated heterocycles. The van der Waals surface area contributed by atoms with Gasteiger partial charge in [0.15, 0.2) is 0 Å². The third kappa shape index (κ3) is 5.20. The zero-order valence-corrected chi connectivity index (χ0v) is 12.3. The van der Waals surface area contributed by atoms with Gasteiger partial charge in [-0.15, -0.1) is 0 Å². The molecule has 1 aliphatic carbocycles. The van der Waals surface area contributed by atoms with Crippen molar-refractivity contribution in [1.29, 1.82) is 0 Å². The summed E-state index contributed by atoms with van der Waals surface area (Å²) in [6, 6.07) is 5.12. The molecular weight excluding hydrogens is 291 g/mol. The summed E-state index contributed by atoms with van der Waals surface area (Å²) >= 11 is 0. The van der Waals surface area contributed by atoms with Crippen LogP contribution in [0.4, 0.5) is 13.2 Å². The molecule has 0 atom stereocenters. The first-order chi connectivity index (χ1) is 10.4. The van der Waals surface area contributed by atoms with E-state index >= 15 is 0 Å². The van der Waals surface area contributed by atoms with Crippen LogP contribution in [0.15, 0.2) is 30.3 Å². The van der Waals surface area contributed by atoms with Crippen molar-refractivity contribution in [2.75, 3.05) is 0 Å². The molecule has 0 heterocycles. The Morgan fingerprint density at radius 1 is 1.14 bits per heavy atom. The molecule has 2 nitrogen and oxygen atoms in total. The van der Waals surface area contributed by atoms with Crippen LogP contribution in [0.25, 0.3) is 6.08 Å². The highest BCUT2D eigenvalue weighted by Crippen LogP contribution is 2.29. The second-order valence-electron chi connectivity index (χ2n) is 5.65. The third-order valence-electron chi connectivity index (χ3n) is 3.84. The highest BCUT2D eigenvalue weighted by atomic mass is 19.4. The van der Waals surface area contributed by atoms with E-state index in [9.17, 15) is 18.0 Å². The molecule has 1 saturated carbocycles. The van der Waals surface area contributed by atoms with E-state index in [0.29, 0.717) is 5.56 Å². The summed E-state index contributed by atoms with van der Waals surface area (Å²) in [5.41, 5.74) is -0.343. The number of nitrogens with one attached hydrogen (secondary N) is 1. The van der Waals surface area contributed by atoms with Gasteiger partial charge in [-0.05, 0) is 36.6 Å². The summed E-state index contributed by atoms with van der Waals surface area (Å²) in [5.74, 6) is -0.246. The monoisotopic (exact) mass is 311 g/mol. The van der Waals surface area contributed by atoms with Gasteiger partial charge in [0, 0.05) is 12.1 Å². The number of carbonyl (C=O) groups is 1. The second kappa shape index (κ2) is 7.47. The Labute approximate surface area is 128 Å². The van der Waals surface area contributed by atoms with E-state index in [0.717, 1.165) is 37.8 Å². The minimum atomic E-state index is -4.37. The average Bonchev–Trinajstić information content (AvgIpc) is 2.73. The van der Waals surface area contributed by atoms with Crippen molar-refractivity contribution in [1.82, 2.24) is 5.32 Å². The van der Waals surface area contributed by atoms with Crippen LogP contribution in [-0.2, 0) is 11.0 Å². The summed E-state index contributed by atoms with van der Waals surface area (Å²) in [7, 11) is 0.